The molecule has 2 aliphatic rings. The maximum Gasteiger partial charge on any atom is 0.246 e. The minimum absolute atomic E-state index is 0.137. The third-order valence-corrected chi connectivity index (χ3v) is 5.03. The van der Waals surface area contributed by atoms with Crippen molar-refractivity contribution in [1.82, 2.24) is 24.8 Å². The van der Waals surface area contributed by atoms with E-state index in [4.69, 9.17) is 0 Å². The number of nitrogens with zero attached hydrogens (tertiary/aromatic N) is 5. The first-order valence-electron chi connectivity index (χ1n) is 8.10. The molecule has 2 fully saturated rings. The summed E-state index contributed by atoms with van der Waals surface area (Å²) >= 11 is 0. The van der Waals surface area contributed by atoms with Gasteiger partial charge in [0.1, 0.15) is 6.54 Å². The molecular weight excluding hydrogens is 266 g/mol. The van der Waals surface area contributed by atoms with Crippen LogP contribution in [0.3, 0.4) is 0 Å². The molecule has 0 bridgehead atoms. The Morgan fingerprint density at radius 1 is 1.14 bits per heavy atom. The fourth-order valence-corrected chi connectivity index (χ4v) is 3.62. The first-order chi connectivity index (χ1) is 10.2. The van der Waals surface area contributed by atoms with E-state index < -0.39 is 0 Å². The smallest absolute Gasteiger partial charge is 0.246 e. The van der Waals surface area contributed by atoms with Crippen LogP contribution in [0.4, 0.5) is 0 Å². The van der Waals surface area contributed by atoms with Crippen LogP contribution in [0.2, 0.25) is 0 Å². The monoisotopic (exact) mass is 291 g/mol. The largest absolute Gasteiger partial charge is 0.341 e. The number of likely N-dealkylation sites (tertiary alicyclic amines) is 2. The van der Waals surface area contributed by atoms with E-state index in [9.17, 15) is 4.79 Å². The van der Waals surface area contributed by atoms with E-state index >= 15 is 0 Å². The second-order valence-corrected chi connectivity index (χ2v) is 6.26. The van der Waals surface area contributed by atoms with Gasteiger partial charge >= 0.3 is 0 Å². The number of amides is 1. The summed E-state index contributed by atoms with van der Waals surface area (Å²) in [7, 11) is 0. The molecular formula is C15H25N5O. The van der Waals surface area contributed by atoms with E-state index in [1.807, 2.05) is 4.90 Å². The molecule has 0 aliphatic carbocycles. The summed E-state index contributed by atoms with van der Waals surface area (Å²) in [5.41, 5.74) is 0. The number of rotatable bonds is 4. The average molecular weight is 291 g/mol. The van der Waals surface area contributed by atoms with Gasteiger partial charge in [0.05, 0.1) is 12.4 Å². The van der Waals surface area contributed by atoms with Gasteiger partial charge in [0, 0.05) is 19.1 Å². The predicted molar refractivity (Wildman–Crippen MR) is 79.6 cm³/mol. The zero-order valence-corrected chi connectivity index (χ0v) is 12.8. The topological polar surface area (TPSA) is 54.3 Å². The first-order valence-corrected chi connectivity index (χ1v) is 8.10. The van der Waals surface area contributed by atoms with Crippen LogP contribution in [-0.4, -0.2) is 62.9 Å². The number of hydrogen-bond acceptors (Lipinski definition) is 4. The molecule has 21 heavy (non-hydrogen) atoms. The highest BCUT2D eigenvalue weighted by Gasteiger charge is 2.30. The van der Waals surface area contributed by atoms with Crippen molar-refractivity contribution in [3.05, 3.63) is 12.4 Å². The minimum Gasteiger partial charge on any atom is -0.341 e. The maximum atomic E-state index is 12.2. The Morgan fingerprint density at radius 2 is 1.76 bits per heavy atom. The Bertz CT molecular complexity index is 447. The molecule has 0 saturated carbocycles. The summed E-state index contributed by atoms with van der Waals surface area (Å²) in [5.74, 6) is 0.869. The van der Waals surface area contributed by atoms with Gasteiger partial charge in [0.2, 0.25) is 5.91 Å². The van der Waals surface area contributed by atoms with Gasteiger partial charge in [-0.3, -0.25) is 4.79 Å². The van der Waals surface area contributed by atoms with Crippen LogP contribution < -0.4 is 0 Å². The second-order valence-electron chi connectivity index (χ2n) is 6.26. The van der Waals surface area contributed by atoms with Crippen molar-refractivity contribution in [3.8, 4) is 0 Å². The van der Waals surface area contributed by atoms with Crippen molar-refractivity contribution in [2.24, 2.45) is 5.92 Å². The van der Waals surface area contributed by atoms with Crippen LogP contribution >= 0.6 is 0 Å². The fraction of sp³-hybridized carbons (Fsp3) is 0.800. The first kappa shape index (κ1) is 14.5. The standard InChI is InChI=1S/C15H25N5O/c1-13(18-8-2-3-9-18)14-4-10-19(11-5-14)15(21)12-20-16-6-7-17-20/h6-7,13-14H,2-5,8-12H2,1H3/t13-/m1/s1. The maximum absolute atomic E-state index is 12.2. The van der Waals surface area contributed by atoms with E-state index in [0.717, 1.165) is 31.8 Å². The summed E-state index contributed by atoms with van der Waals surface area (Å²) in [6.45, 7) is 6.89. The van der Waals surface area contributed by atoms with E-state index in [2.05, 4.69) is 22.0 Å². The lowest BCUT2D eigenvalue weighted by Gasteiger charge is -2.38. The molecule has 0 N–H and O–H groups in total. The number of piperidine rings is 1. The highest BCUT2D eigenvalue weighted by molar-refractivity contribution is 5.75. The molecule has 6 heteroatoms. The normalized spacial score (nSPS) is 22.6. The molecule has 3 rings (SSSR count). The molecule has 1 aromatic heterocycles. The van der Waals surface area contributed by atoms with Gasteiger partial charge in [-0.2, -0.15) is 15.0 Å². The predicted octanol–water partition coefficient (Wildman–Crippen LogP) is 1.00. The molecule has 1 amide bonds. The van der Waals surface area contributed by atoms with Crippen LogP contribution in [0.25, 0.3) is 0 Å². The van der Waals surface area contributed by atoms with Crippen molar-refractivity contribution in [2.45, 2.75) is 45.2 Å². The van der Waals surface area contributed by atoms with Gasteiger partial charge in [-0.15, -0.1) is 0 Å². The van der Waals surface area contributed by atoms with Crippen molar-refractivity contribution in [1.29, 1.82) is 0 Å². The summed E-state index contributed by atoms with van der Waals surface area (Å²) in [6.07, 6.45) is 8.15. The molecule has 0 spiro atoms. The molecule has 0 aromatic carbocycles. The molecule has 2 saturated heterocycles. The molecule has 1 aromatic rings. The van der Waals surface area contributed by atoms with Crippen LogP contribution in [0.5, 0.6) is 0 Å². The molecule has 3 heterocycles. The number of carbonyl (C=O) groups excluding carboxylic acids is 1. The fourth-order valence-electron chi connectivity index (χ4n) is 3.62. The van der Waals surface area contributed by atoms with Crippen LogP contribution in [0.15, 0.2) is 12.4 Å². The molecule has 0 unspecified atom stereocenters. The molecule has 2 aliphatic heterocycles. The Morgan fingerprint density at radius 3 is 2.38 bits per heavy atom. The summed E-state index contributed by atoms with van der Waals surface area (Å²) in [6, 6.07) is 0.664. The van der Waals surface area contributed by atoms with Gasteiger partial charge in [0.15, 0.2) is 0 Å². The lowest BCUT2D eigenvalue weighted by Crippen LogP contribution is -2.45. The van der Waals surface area contributed by atoms with Crippen molar-refractivity contribution in [3.63, 3.8) is 0 Å². The quantitative estimate of drug-likeness (QED) is 0.830. The van der Waals surface area contributed by atoms with Gasteiger partial charge in [-0.1, -0.05) is 0 Å². The van der Waals surface area contributed by atoms with E-state index in [-0.39, 0.29) is 12.5 Å². The number of aromatic nitrogens is 3. The van der Waals surface area contributed by atoms with E-state index in [1.165, 1.54) is 30.7 Å². The van der Waals surface area contributed by atoms with Crippen molar-refractivity contribution in [2.75, 3.05) is 26.2 Å². The van der Waals surface area contributed by atoms with Gasteiger partial charge < -0.3 is 9.80 Å². The lowest BCUT2D eigenvalue weighted by atomic mass is 9.89. The third kappa shape index (κ3) is 3.43. The molecule has 0 radical (unpaired) electrons. The SMILES string of the molecule is C[C@H](C1CCN(C(=O)Cn2nccn2)CC1)N1CCCC1. The van der Waals surface area contributed by atoms with Crippen molar-refractivity contribution < 1.29 is 4.79 Å². The number of hydrogen-bond donors (Lipinski definition) is 0. The van der Waals surface area contributed by atoms with Crippen LogP contribution in [-0.2, 0) is 11.3 Å². The van der Waals surface area contributed by atoms with E-state index in [0.29, 0.717) is 6.04 Å². The zero-order valence-electron chi connectivity index (χ0n) is 12.8. The summed E-state index contributed by atoms with van der Waals surface area (Å²) in [4.78, 5) is 18.3. The lowest BCUT2D eigenvalue weighted by molar-refractivity contribution is -0.134. The zero-order chi connectivity index (χ0) is 14.7. The second kappa shape index (κ2) is 6.56. The van der Waals surface area contributed by atoms with E-state index in [1.54, 1.807) is 12.4 Å². The summed E-state index contributed by atoms with van der Waals surface area (Å²) < 4.78 is 0. The molecule has 6 nitrogen and oxygen atoms in total. The molecule has 116 valence electrons. The Balaban J connectivity index is 1.47. The number of carbonyl (C=O) groups is 1. The van der Waals surface area contributed by atoms with Gasteiger partial charge in [-0.25, -0.2) is 0 Å². The van der Waals surface area contributed by atoms with Crippen molar-refractivity contribution >= 4 is 5.91 Å². The van der Waals surface area contributed by atoms with Gasteiger partial charge in [0.25, 0.3) is 0 Å². The Hall–Kier alpha value is -1.43. The van der Waals surface area contributed by atoms with Crippen LogP contribution in [0, 0.1) is 5.92 Å². The Kier molecular flexibility index (Phi) is 4.53. The average Bonchev–Trinajstić information content (AvgIpc) is 3.20. The highest BCUT2D eigenvalue weighted by atomic mass is 16.2. The van der Waals surface area contributed by atoms with Crippen LogP contribution in [0.1, 0.15) is 32.6 Å². The minimum atomic E-state index is 0.137. The highest BCUT2D eigenvalue weighted by Crippen LogP contribution is 2.26. The molecule has 1 atom stereocenters. The van der Waals surface area contributed by atoms with Gasteiger partial charge in [-0.05, 0) is 51.6 Å². The Labute approximate surface area is 126 Å². The third-order valence-electron chi connectivity index (χ3n) is 5.03. The summed E-state index contributed by atoms with van der Waals surface area (Å²) in [5, 5.41) is 8.00.